The number of nitrogens with zero attached hydrogens (tertiary/aromatic N) is 4. The molecule has 0 aliphatic carbocycles. The van der Waals surface area contributed by atoms with Crippen molar-refractivity contribution in [3.63, 3.8) is 0 Å². The quantitative estimate of drug-likeness (QED) is 0.481. The lowest BCUT2D eigenvalue weighted by atomic mass is 10.1. The summed E-state index contributed by atoms with van der Waals surface area (Å²) in [6, 6.07) is 12.9. The van der Waals surface area contributed by atoms with Crippen molar-refractivity contribution in [2.45, 2.75) is 32.9 Å². The highest BCUT2D eigenvalue weighted by atomic mass is 35.5. The van der Waals surface area contributed by atoms with E-state index in [9.17, 15) is 14.0 Å². The van der Waals surface area contributed by atoms with Crippen molar-refractivity contribution >= 4 is 28.4 Å². The summed E-state index contributed by atoms with van der Waals surface area (Å²) in [4.78, 5) is 25.8. The van der Waals surface area contributed by atoms with Crippen molar-refractivity contribution in [2.24, 2.45) is 0 Å². The third-order valence-corrected chi connectivity index (χ3v) is 5.42. The minimum atomic E-state index is -0.459. The Morgan fingerprint density at radius 2 is 1.88 bits per heavy atom. The smallest absolute Gasteiger partial charge is 0.293 e. The van der Waals surface area contributed by atoms with Crippen LogP contribution >= 0.6 is 11.6 Å². The van der Waals surface area contributed by atoms with E-state index in [-0.39, 0.29) is 36.2 Å². The lowest BCUT2D eigenvalue weighted by Gasteiger charge is -2.12. The number of rotatable bonds is 6. The summed E-state index contributed by atoms with van der Waals surface area (Å²) in [6.45, 7) is 3.88. The van der Waals surface area contributed by atoms with Crippen molar-refractivity contribution < 1.29 is 9.18 Å². The Labute approximate surface area is 188 Å². The van der Waals surface area contributed by atoms with E-state index in [1.807, 2.05) is 32.0 Å². The molecule has 1 amide bonds. The Bertz CT molecular complexity index is 1350. The van der Waals surface area contributed by atoms with Gasteiger partial charge in [-0.3, -0.25) is 9.59 Å². The Morgan fingerprint density at radius 1 is 1.16 bits per heavy atom. The van der Waals surface area contributed by atoms with Gasteiger partial charge in [-0.1, -0.05) is 43.6 Å². The van der Waals surface area contributed by atoms with Crippen molar-refractivity contribution in [2.75, 3.05) is 0 Å². The molecule has 0 aliphatic rings. The van der Waals surface area contributed by atoms with Crippen LogP contribution in [0.15, 0.2) is 59.5 Å². The molecule has 0 bridgehead atoms. The van der Waals surface area contributed by atoms with Gasteiger partial charge in [-0.15, -0.1) is 0 Å². The van der Waals surface area contributed by atoms with Crippen LogP contribution in [0.4, 0.5) is 4.39 Å². The average Bonchev–Trinajstić information content (AvgIpc) is 3.21. The summed E-state index contributed by atoms with van der Waals surface area (Å²) < 4.78 is 15.9. The molecule has 9 heteroatoms. The third-order valence-electron chi connectivity index (χ3n) is 5.06. The van der Waals surface area contributed by atoms with Crippen LogP contribution in [0.2, 0.25) is 5.02 Å². The molecule has 0 spiro atoms. The number of benzene rings is 2. The van der Waals surface area contributed by atoms with Crippen LogP contribution < -0.4 is 10.9 Å². The zero-order valence-corrected chi connectivity index (χ0v) is 18.3. The summed E-state index contributed by atoms with van der Waals surface area (Å²) in [5.41, 5.74) is 1.78. The number of carbonyl (C=O) groups is 1. The summed E-state index contributed by atoms with van der Waals surface area (Å²) in [5.74, 6) is -0.773. The van der Waals surface area contributed by atoms with E-state index in [2.05, 4.69) is 15.5 Å². The molecule has 0 fully saturated rings. The fraction of sp³-hybridized carbons (Fsp3) is 0.217. The van der Waals surface area contributed by atoms with E-state index < -0.39 is 5.56 Å². The minimum Gasteiger partial charge on any atom is -0.350 e. The molecule has 0 radical (unpaired) electrons. The predicted molar refractivity (Wildman–Crippen MR) is 120 cm³/mol. The molecular formula is C23H21ClFN5O2. The second-order valence-electron chi connectivity index (χ2n) is 7.67. The second kappa shape index (κ2) is 8.92. The van der Waals surface area contributed by atoms with Crippen molar-refractivity contribution in [1.29, 1.82) is 0 Å². The van der Waals surface area contributed by atoms with Crippen LogP contribution in [-0.2, 0) is 17.9 Å². The van der Waals surface area contributed by atoms with Gasteiger partial charge >= 0.3 is 0 Å². The number of carbonyl (C=O) groups excluding carboxylic acids is 1. The highest BCUT2D eigenvalue weighted by molar-refractivity contribution is 6.31. The van der Waals surface area contributed by atoms with Gasteiger partial charge < -0.3 is 5.32 Å². The fourth-order valence-corrected chi connectivity index (χ4v) is 3.63. The molecule has 0 saturated heterocycles. The maximum absolute atomic E-state index is 13.4. The summed E-state index contributed by atoms with van der Waals surface area (Å²) in [7, 11) is 0. The monoisotopic (exact) mass is 453 g/mol. The molecule has 2 aromatic carbocycles. The number of amides is 1. The van der Waals surface area contributed by atoms with E-state index in [0.29, 0.717) is 21.8 Å². The van der Waals surface area contributed by atoms with E-state index >= 15 is 0 Å². The number of aromatic nitrogens is 4. The first-order chi connectivity index (χ1) is 15.3. The second-order valence-corrected chi connectivity index (χ2v) is 8.07. The first-order valence-electron chi connectivity index (χ1n) is 10.1. The first kappa shape index (κ1) is 21.7. The van der Waals surface area contributed by atoms with Crippen molar-refractivity contribution in [1.82, 2.24) is 24.9 Å². The van der Waals surface area contributed by atoms with E-state index in [1.54, 1.807) is 12.3 Å². The molecule has 0 saturated carbocycles. The molecule has 164 valence electrons. The van der Waals surface area contributed by atoms with Crippen molar-refractivity contribution in [3.8, 4) is 5.69 Å². The van der Waals surface area contributed by atoms with E-state index in [4.69, 9.17) is 11.6 Å². The number of hydrogen-bond acceptors (Lipinski definition) is 4. The summed E-state index contributed by atoms with van der Waals surface area (Å²) in [5, 5.41) is 12.7. The summed E-state index contributed by atoms with van der Waals surface area (Å²) in [6.07, 6.45) is 1.57. The number of fused-ring (bicyclic) bond motifs is 1. The Morgan fingerprint density at radius 3 is 2.56 bits per heavy atom. The normalized spacial score (nSPS) is 11.3. The lowest BCUT2D eigenvalue weighted by Crippen LogP contribution is -2.34. The number of halogens is 2. The maximum atomic E-state index is 13.4. The fourth-order valence-electron chi connectivity index (χ4n) is 3.43. The van der Waals surface area contributed by atoms with Crippen LogP contribution in [-0.4, -0.2) is 25.5 Å². The zero-order valence-electron chi connectivity index (χ0n) is 17.5. The molecule has 0 atom stereocenters. The number of hydrogen-bond donors (Lipinski definition) is 1. The average molecular weight is 454 g/mol. The van der Waals surface area contributed by atoms with Crippen molar-refractivity contribution in [3.05, 3.63) is 87.2 Å². The molecule has 2 heterocycles. The van der Waals surface area contributed by atoms with Gasteiger partial charge in [0, 0.05) is 17.0 Å². The van der Waals surface area contributed by atoms with Gasteiger partial charge in [-0.25, -0.2) is 13.8 Å². The maximum Gasteiger partial charge on any atom is 0.293 e. The Hall–Kier alpha value is -3.52. The first-order valence-corrected chi connectivity index (χ1v) is 10.5. The minimum absolute atomic E-state index is 0.0126. The molecule has 4 rings (SSSR count). The van der Waals surface area contributed by atoms with Crippen LogP contribution in [0.5, 0.6) is 0 Å². The van der Waals surface area contributed by atoms with Crippen LogP contribution in [0.25, 0.3) is 16.6 Å². The summed E-state index contributed by atoms with van der Waals surface area (Å²) >= 11 is 6.13. The highest BCUT2D eigenvalue weighted by Crippen LogP contribution is 2.23. The molecule has 2 aromatic heterocycles. The number of nitrogens with one attached hydrogen (secondary N) is 1. The van der Waals surface area contributed by atoms with Gasteiger partial charge in [0.25, 0.3) is 5.56 Å². The molecule has 32 heavy (non-hydrogen) atoms. The third kappa shape index (κ3) is 4.27. The molecular weight excluding hydrogens is 433 g/mol. The zero-order chi connectivity index (χ0) is 22.8. The molecule has 0 aliphatic heterocycles. The topological polar surface area (TPSA) is 81.8 Å². The van der Waals surface area contributed by atoms with Gasteiger partial charge in [0.2, 0.25) is 5.91 Å². The van der Waals surface area contributed by atoms with E-state index in [1.165, 1.54) is 28.9 Å². The predicted octanol–water partition coefficient (Wildman–Crippen LogP) is 3.81. The molecule has 0 unspecified atom stereocenters. The Kier molecular flexibility index (Phi) is 6.05. The van der Waals surface area contributed by atoms with Crippen LogP contribution in [0, 0.1) is 5.82 Å². The van der Waals surface area contributed by atoms with Gasteiger partial charge in [0.05, 0.1) is 17.6 Å². The van der Waals surface area contributed by atoms with E-state index in [0.717, 1.165) is 10.2 Å². The largest absolute Gasteiger partial charge is 0.350 e. The van der Waals surface area contributed by atoms with Gasteiger partial charge in [-0.2, -0.15) is 10.2 Å². The van der Waals surface area contributed by atoms with Gasteiger partial charge in [-0.05, 0) is 41.8 Å². The molecule has 4 aromatic rings. The standard InChI is InChI=1S/C23H21ClFN5O2/c1-14(2)21-18-12-27-30(17-9-7-16(25)8-10-17)22(18)23(32)29(28-21)13-20(31)26-11-15-5-3-4-6-19(15)24/h3-10,12,14H,11,13H2,1-2H3,(H,26,31). The SMILES string of the molecule is CC(C)c1nn(CC(=O)NCc2ccccc2Cl)c(=O)c2c1cnn2-c1ccc(F)cc1. The molecule has 7 nitrogen and oxygen atoms in total. The highest BCUT2D eigenvalue weighted by Gasteiger charge is 2.20. The Balaban J connectivity index is 1.69. The van der Waals surface area contributed by atoms with Gasteiger partial charge in [0.1, 0.15) is 17.9 Å². The van der Waals surface area contributed by atoms with Crippen LogP contribution in [0.3, 0.4) is 0 Å². The molecule has 1 N–H and O–H groups in total. The van der Waals surface area contributed by atoms with Gasteiger partial charge in [0.15, 0.2) is 0 Å². The van der Waals surface area contributed by atoms with Crippen LogP contribution in [0.1, 0.15) is 31.0 Å². The lowest BCUT2D eigenvalue weighted by molar-refractivity contribution is -0.122.